The number of aromatic nitrogens is 2. The number of rotatable bonds is 5. The van der Waals surface area contributed by atoms with E-state index in [1.165, 1.54) is 12.1 Å². The highest BCUT2D eigenvalue weighted by atomic mass is 32.2. The van der Waals surface area contributed by atoms with Crippen LogP contribution in [-0.4, -0.2) is 25.1 Å². The Kier molecular flexibility index (Phi) is 3.95. The van der Waals surface area contributed by atoms with E-state index in [1.54, 1.807) is 6.92 Å². The summed E-state index contributed by atoms with van der Waals surface area (Å²) in [5.41, 5.74) is 5.41. The van der Waals surface area contributed by atoms with Crippen LogP contribution in [0, 0.1) is 5.82 Å². The van der Waals surface area contributed by atoms with E-state index < -0.39 is 21.4 Å². The van der Waals surface area contributed by atoms with Crippen molar-refractivity contribution in [2.45, 2.75) is 36.6 Å². The van der Waals surface area contributed by atoms with E-state index >= 15 is 0 Å². The Morgan fingerprint density at radius 2 is 2.17 bits per heavy atom. The van der Waals surface area contributed by atoms with E-state index in [9.17, 15) is 12.8 Å². The van der Waals surface area contributed by atoms with Crippen molar-refractivity contribution < 1.29 is 17.3 Å². The molecule has 0 amide bonds. The number of sulfonamides is 1. The normalized spacial score (nSPS) is 17.0. The molecule has 1 aliphatic carbocycles. The molecule has 0 spiro atoms. The van der Waals surface area contributed by atoms with Gasteiger partial charge in [0.15, 0.2) is 5.82 Å². The first kappa shape index (κ1) is 16.0. The second kappa shape index (κ2) is 5.66. The molecule has 0 aliphatic heterocycles. The highest BCUT2D eigenvalue weighted by Crippen LogP contribution is 2.38. The summed E-state index contributed by atoms with van der Waals surface area (Å²) in [6, 6.07) is 3.42. The molecule has 0 unspecified atom stereocenters. The summed E-state index contributed by atoms with van der Waals surface area (Å²) in [7, 11) is -3.70. The molecular formula is C14H17FN4O3S. The second-order valence-corrected chi connectivity index (χ2v) is 7.34. The molecule has 2 aromatic rings. The lowest BCUT2D eigenvalue weighted by atomic mass is 9.77. The van der Waals surface area contributed by atoms with Crippen LogP contribution in [0.4, 0.5) is 4.39 Å². The first-order chi connectivity index (χ1) is 10.9. The third kappa shape index (κ3) is 2.87. The summed E-state index contributed by atoms with van der Waals surface area (Å²) in [5, 5.41) is 3.81. The van der Waals surface area contributed by atoms with Crippen molar-refractivity contribution in [1.29, 1.82) is 0 Å². The van der Waals surface area contributed by atoms with Crippen LogP contribution in [-0.2, 0) is 15.6 Å². The van der Waals surface area contributed by atoms with Gasteiger partial charge in [-0.1, -0.05) is 12.1 Å². The molecule has 3 N–H and O–H groups in total. The first-order valence-corrected chi connectivity index (χ1v) is 8.77. The molecular weight excluding hydrogens is 323 g/mol. The standard InChI is InChI=1S/C14H17FN4O3S/c1-2-17-23(20,21)9-4-5-11(15)10(8-9)12-18-13(19-22-12)14(16)6-3-7-14/h4-5,8,17H,2-3,6-7,16H2,1H3. The molecule has 0 bridgehead atoms. The maximum absolute atomic E-state index is 14.1. The Morgan fingerprint density at radius 1 is 1.43 bits per heavy atom. The molecule has 23 heavy (non-hydrogen) atoms. The van der Waals surface area contributed by atoms with Gasteiger partial charge < -0.3 is 10.3 Å². The van der Waals surface area contributed by atoms with Gasteiger partial charge in [0.05, 0.1) is 16.0 Å². The number of halogens is 1. The number of nitrogens with two attached hydrogens (primary N) is 1. The fourth-order valence-corrected chi connectivity index (χ4v) is 3.49. The maximum atomic E-state index is 14.1. The molecule has 1 heterocycles. The van der Waals surface area contributed by atoms with Crippen molar-refractivity contribution in [3.8, 4) is 11.5 Å². The summed E-state index contributed by atoms with van der Waals surface area (Å²) in [6.07, 6.45) is 2.46. The molecule has 124 valence electrons. The van der Waals surface area contributed by atoms with Crippen molar-refractivity contribution in [1.82, 2.24) is 14.9 Å². The summed E-state index contributed by atoms with van der Waals surface area (Å²) in [4.78, 5) is 4.08. The third-order valence-electron chi connectivity index (χ3n) is 3.93. The van der Waals surface area contributed by atoms with E-state index in [0.29, 0.717) is 5.82 Å². The average molecular weight is 340 g/mol. The highest BCUT2D eigenvalue weighted by molar-refractivity contribution is 7.89. The van der Waals surface area contributed by atoms with Gasteiger partial charge in [-0.25, -0.2) is 17.5 Å². The topological polar surface area (TPSA) is 111 Å². The summed E-state index contributed by atoms with van der Waals surface area (Å²) in [6.45, 7) is 1.89. The number of hydrogen-bond donors (Lipinski definition) is 2. The van der Waals surface area contributed by atoms with Crippen LogP contribution in [0.3, 0.4) is 0 Å². The predicted octanol–water partition coefficient (Wildman–Crippen LogP) is 1.51. The summed E-state index contributed by atoms with van der Waals surface area (Å²) >= 11 is 0. The smallest absolute Gasteiger partial charge is 0.261 e. The molecule has 1 aromatic heterocycles. The third-order valence-corrected chi connectivity index (χ3v) is 5.47. The van der Waals surface area contributed by atoms with Crippen LogP contribution in [0.5, 0.6) is 0 Å². The Morgan fingerprint density at radius 3 is 2.78 bits per heavy atom. The second-order valence-electron chi connectivity index (χ2n) is 5.58. The Bertz CT molecular complexity index is 830. The minimum absolute atomic E-state index is 0.0642. The van der Waals surface area contributed by atoms with Gasteiger partial charge >= 0.3 is 0 Å². The maximum Gasteiger partial charge on any atom is 0.261 e. The molecule has 1 aromatic carbocycles. The van der Waals surface area contributed by atoms with E-state index in [0.717, 1.165) is 25.3 Å². The summed E-state index contributed by atoms with van der Waals surface area (Å²) in [5.74, 6) is -0.406. The number of hydrogen-bond acceptors (Lipinski definition) is 6. The lowest BCUT2D eigenvalue weighted by molar-refractivity contribution is 0.229. The van der Waals surface area contributed by atoms with Gasteiger partial charge in [0.2, 0.25) is 10.0 Å². The molecule has 3 rings (SSSR count). The molecule has 7 nitrogen and oxygen atoms in total. The van der Waals surface area contributed by atoms with Crippen LogP contribution in [0.2, 0.25) is 0 Å². The van der Waals surface area contributed by atoms with Crippen LogP contribution in [0.1, 0.15) is 32.0 Å². The molecule has 0 radical (unpaired) electrons. The zero-order valence-electron chi connectivity index (χ0n) is 12.5. The van der Waals surface area contributed by atoms with Crippen LogP contribution < -0.4 is 10.5 Å². The quantitative estimate of drug-likeness (QED) is 0.853. The van der Waals surface area contributed by atoms with E-state index in [4.69, 9.17) is 10.3 Å². The molecule has 1 fully saturated rings. The lowest BCUT2D eigenvalue weighted by Crippen LogP contribution is -2.44. The fraction of sp³-hybridized carbons (Fsp3) is 0.429. The highest BCUT2D eigenvalue weighted by Gasteiger charge is 2.39. The minimum Gasteiger partial charge on any atom is -0.334 e. The monoisotopic (exact) mass is 340 g/mol. The Labute approximate surface area is 133 Å². The van der Waals surface area contributed by atoms with Crippen LogP contribution >= 0.6 is 0 Å². The van der Waals surface area contributed by atoms with Crippen molar-refractivity contribution in [3.05, 3.63) is 29.8 Å². The SMILES string of the molecule is CCNS(=O)(=O)c1ccc(F)c(-c2nc(C3(N)CCC3)no2)c1. The van der Waals surface area contributed by atoms with Crippen LogP contribution in [0.25, 0.3) is 11.5 Å². The van der Waals surface area contributed by atoms with Gasteiger partial charge in [0, 0.05) is 6.54 Å². The molecule has 9 heteroatoms. The molecule has 1 aliphatic rings. The fourth-order valence-electron chi connectivity index (χ4n) is 2.43. The largest absolute Gasteiger partial charge is 0.334 e. The molecule has 1 saturated carbocycles. The molecule has 0 saturated heterocycles. The van der Waals surface area contributed by atoms with Crippen molar-refractivity contribution in [2.75, 3.05) is 6.54 Å². The van der Waals surface area contributed by atoms with Crippen LogP contribution in [0.15, 0.2) is 27.6 Å². The van der Waals surface area contributed by atoms with E-state index in [2.05, 4.69) is 14.9 Å². The van der Waals surface area contributed by atoms with E-state index in [1.807, 2.05) is 0 Å². The average Bonchev–Trinajstić information content (AvgIpc) is 2.95. The number of nitrogens with one attached hydrogen (secondary N) is 1. The number of nitrogens with zero attached hydrogens (tertiary/aromatic N) is 2. The lowest BCUT2D eigenvalue weighted by Gasteiger charge is -2.34. The summed E-state index contributed by atoms with van der Waals surface area (Å²) < 4.78 is 45.5. The van der Waals surface area contributed by atoms with E-state index in [-0.39, 0.29) is 22.9 Å². The van der Waals surface area contributed by atoms with Gasteiger partial charge in [-0.15, -0.1) is 0 Å². The Hall–Kier alpha value is -1.84. The minimum atomic E-state index is -3.70. The van der Waals surface area contributed by atoms with Gasteiger partial charge in [0.1, 0.15) is 5.82 Å². The number of benzene rings is 1. The van der Waals surface area contributed by atoms with Gasteiger partial charge in [-0.3, -0.25) is 0 Å². The zero-order valence-corrected chi connectivity index (χ0v) is 13.4. The predicted molar refractivity (Wildman–Crippen MR) is 80.3 cm³/mol. The van der Waals surface area contributed by atoms with Crippen molar-refractivity contribution in [2.24, 2.45) is 5.73 Å². The van der Waals surface area contributed by atoms with Crippen molar-refractivity contribution >= 4 is 10.0 Å². The first-order valence-electron chi connectivity index (χ1n) is 7.28. The Balaban J connectivity index is 2.00. The van der Waals surface area contributed by atoms with Gasteiger partial charge in [-0.2, -0.15) is 4.98 Å². The zero-order chi connectivity index (χ0) is 16.7. The molecule has 0 atom stereocenters. The van der Waals surface area contributed by atoms with Crippen molar-refractivity contribution in [3.63, 3.8) is 0 Å². The van der Waals surface area contributed by atoms with Gasteiger partial charge in [-0.05, 0) is 37.5 Å². The van der Waals surface area contributed by atoms with Gasteiger partial charge in [0.25, 0.3) is 5.89 Å².